The van der Waals surface area contributed by atoms with Crippen molar-refractivity contribution in [1.29, 1.82) is 0 Å². The second kappa shape index (κ2) is 22.1. The molecule has 1 unspecified atom stereocenters. The fraction of sp³-hybridized carbons (Fsp3) is 0.635. The van der Waals surface area contributed by atoms with Crippen molar-refractivity contribution in [2.24, 2.45) is 24.8 Å². The van der Waals surface area contributed by atoms with Crippen molar-refractivity contribution in [3.05, 3.63) is 53.2 Å². The quantitative estimate of drug-likeness (QED) is 0.165. The van der Waals surface area contributed by atoms with E-state index >= 15 is 4.39 Å². The van der Waals surface area contributed by atoms with E-state index in [2.05, 4.69) is 50.6 Å². The number of hydrogen-bond donors (Lipinski definition) is 3. The van der Waals surface area contributed by atoms with Crippen LogP contribution in [0.1, 0.15) is 110 Å². The van der Waals surface area contributed by atoms with Crippen LogP contribution in [0.3, 0.4) is 0 Å². The summed E-state index contributed by atoms with van der Waals surface area (Å²) < 4.78 is 22.5. The van der Waals surface area contributed by atoms with E-state index in [1.165, 1.54) is 17.2 Å². The molecule has 73 heavy (non-hydrogen) atoms. The zero-order chi connectivity index (χ0) is 50.8. The summed E-state index contributed by atoms with van der Waals surface area (Å²) in [4.78, 5) is 99.3. The topological polar surface area (TPSA) is 211 Å². The average molecular weight is 1010 g/mol. The number of halogens is 1. The molecule has 3 N–H and O–H groups in total. The second-order valence-corrected chi connectivity index (χ2v) is 21.2. The first-order valence-electron chi connectivity index (χ1n) is 26.7. The number of aromatic nitrogens is 4. The number of amides is 5. The highest BCUT2D eigenvalue weighted by molar-refractivity contribution is 6.05. The van der Waals surface area contributed by atoms with E-state index in [0.29, 0.717) is 53.6 Å². The average Bonchev–Trinajstić information content (AvgIpc) is 3.96. The third kappa shape index (κ3) is 11.3. The molecular formula is C52H70FN13O7. The lowest BCUT2D eigenvalue weighted by Crippen LogP contribution is -2.54. The monoisotopic (exact) mass is 1010 g/mol. The summed E-state index contributed by atoms with van der Waals surface area (Å²) in [5, 5.41) is 13.2. The summed E-state index contributed by atoms with van der Waals surface area (Å²) in [6.45, 7) is 10.7. The number of imide groups is 1. The minimum absolute atomic E-state index is 0.0231. The normalized spacial score (nSPS) is 25.6. The van der Waals surface area contributed by atoms with Crippen molar-refractivity contribution >= 4 is 58.6 Å². The first kappa shape index (κ1) is 50.3. The van der Waals surface area contributed by atoms with Gasteiger partial charge >= 0.3 is 5.97 Å². The third-order valence-electron chi connectivity index (χ3n) is 16.6. The van der Waals surface area contributed by atoms with E-state index in [9.17, 15) is 28.8 Å². The lowest BCUT2D eigenvalue weighted by atomic mass is 9.80. The number of nitrogens with zero attached hydrogens (tertiary/aromatic N) is 10. The number of esters is 1. The lowest BCUT2D eigenvalue weighted by molar-refractivity contribution is -0.143. The Kier molecular flexibility index (Phi) is 15.2. The van der Waals surface area contributed by atoms with Crippen molar-refractivity contribution < 1.29 is 37.9 Å². The van der Waals surface area contributed by atoms with Crippen molar-refractivity contribution in [3.63, 3.8) is 0 Å². The Hall–Kier alpha value is -6.22. The van der Waals surface area contributed by atoms with E-state index in [0.717, 1.165) is 129 Å². The summed E-state index contributed by atoms with van der Waals surface area (Å²) in [6, 6.07) is 2.90. The van der Waals surface area contributed by atoms with Crippen LogP contribution >= 0.6 is 0 Å². The molecule has 1 atom stereocenters. The highest BCUT2D eigenvalue weighted by atomic mass is 19.1. The van der Waals surface area contributed by atoms with Crippen molar-refractivity contribution in [3.8, 4) is 0 Å². The maximum absolute atomic E-state index is 15.5. The number of aryl methyl sites for hydroxylation is 1. The Labute approximate surface area is 425 Å². The number of carbonyl (C=O) groups is 6. The minimum atomic E-state index is -0.739. The molecule has 7 heterocycles. The van der Waals surface area contributed by atoms with Gasteiger partial charge in [-0.15, -0.1) is 0 Å². The molecule has 7 aliphatic rings. The smallest absolute Gasteiger partial charge is 0.343 e. The first-order chi connectivity index (χ1) is 35.4. The molecule has 392 valence electrons. The Morgan fingerprint density at radius 2 is 1.49 bits per heavy atom. The molecule has 4 saturated heterocycles. The number of anilines is 4. The molecule has 0 radical (unpaired) electrons. The molecule has 21 heteroatoms. The van der Waals surface area contributed by atoms with Crippen LogP contribution in [-0.4, -0.2) is 176 Å². The fourth-order valence-corrected chi connectivity index (χ4v) is 12.4. The fourth-order valence-electron chi connectivity index (χ4n) is 12.4. The standard InChI is InChI=1S/C52H70FN13O7/c1-3-73-51(72)41-29-54-52(57-38-28-55-60(2)32-38)59-46(41)56-37-8-10-39(11-9-37)62-22-24-65(25-23-62)49(70)35-6-4-34(5-7-35)48(69)64-16-14-33(15-17-64)30-61-18-20-63(21-19-61)44-26-36-31-66(50(71)40(36)27-42(44)53)43-12-13-45(67)58-47(43)68/h26-29,32-35,37,39,43H,3-25,30-31H2,1-2H3,(H,58,67,68)(H2,54,56,57,59). The van der Waals surface area contributed by atoms with Crippen molar-refractivity contribution in [1.82, 2.24) is 49.6 Å². The molecule has 10 rings (SSSR count). The second-order valence-electron chi connectivity index (χ2n) is 21.2. The van der Waals surface area contributed by atoms with Crippen LogP contribution in [0, 0.1) is 23.6 Å². The number of likely N-dealkylation sites (tertiary alicyclic amines) is 1. The van der Waals surface area contributed by atoms with Crippen molar-refractivity contribution in [2.75, 3.05) is 94.1 Å². The molecular weight excluding hydrogens is 938 g/mol. The molecule has 3 aromatic rings. The number of piperazine rings is 2. The van der Waals surface area contributed by atoms with E-state index in [1.807, 2.05) is 18.1 Å². The summed E-state index contributed by atoms with van der Waals surface area (Å²) in [7, 11) is 1.83. The van der Waals surface area contributed by atoms with E-state index in [-0.39, 0.29) is 73.1 Å². The largest absolute Gasteiger partial charge is 0.462 e. The Balaban J connectivity index is 0.614. The van der Waals surface area contributed by atoms with Gasteiger partial charge in [0.15, 0.2) is 0 Å². The number of piperidine rings is 2. The van der Waals surface area contributed by atoms with Gasteiger partial charge in [0.05, 0.1) is 24.2 Å². The van der Waals surface area contributed by atoms with E-state index < -0.39 is 23.7 Å². The van der Waals surface area contributed by atoms with Gasteiger partial charge in [-0.1, -0.05) is 0 Å². The van der Waals surface area contributed by atoms with Gasteiger partial charge in [0.25, 0.3) is 5.91 Å². The van der Waals surface area contributed by atoms with Gasteiger partial charge in [0.2, 0.25) is 29.6 Å². The maximum Gasteiger partial charge on any atom is 0.343 e. The molecule has 20 nitrogen and oxygen atoms in total. The zero-order valence-electron chi connectivity index (χ0n) is 42.2. The molecule has 2 aliphatic carbocycles. The molecule has 5 aliphatic heterocycles. The first-order valence-corrected chi connectivity index (χ1v) is 26.7. The van der Waals surface area contributed by atoms with Crippen LogP contribution < -0.4 is 20.9 Å². The predicted octanol–water partition coefficient (Wildman–Crippen LogP) is 3.77. The molecule has 1 aromatic carbocycles. The Morgan fingerprint density at radius 3 is 2.14 bits per heavy atom. The molecule has 5 amide bonds. The van der Waals surface area contributed by atoms with Crippen LogP contribution in [0.15, 0.2) is 30.7 Å². The minimum Gasteiger partial charge on any atom is -0.462 e. The summed E-state index contributed by atoms with van der Waals surface area (Å²) in [6.07, 6.45) is 14.2. The predicted molar refractivity (Wildman–Crippen MR) is 268 cm³/mol. The molecule has 2 aromatic heterocycles. The molecule has 0 bridgehead atoms. The van der Waals surface area contributed by atoms with Gasteiger partial charge in [-0.25, -0.2) is 14.2 Å². The van der Waals surface area contributed by atoms with Crippen LogP contribution in [-0.2, 0) is 37.5 Å². The van der Waals surface area contributed by atoms with Gasteiger partial charge in [-0.3, -0.25) is 43.8 Å². The summed E-state index contributed by atoms with van der Waals surface area (Å²) >= 11 is 0. The van der Waals surface area contributed by atoms with Crippen LogP contribution in [0.5, 0.6) is 0 Å². The van der Waals surface area contributed by atoms with Gasteiger partial charge in [0, 0.05) is 134 Å². The number of hydrogen-bond acceptors (Lipinski definition) is 15. The van der Waals surface area contributed by atoms with E-state index in [4.69, 9.17) is 4.74 Å². The highest BCUT2D eigenvalue weighted by Crippen LogP contribution is 2.36. The molecule has 2 saturated carbocycles. The number of rotatable bonds is 13. The SMILES string of the molecule is CCOC(=O)c1cnc(Nc2cnn(C)c2)nc1NC1CCC(N2CCN(C(=O)C3CCC(C(=O)N4CCC(CN5CCN(c6cc7c(cc6F)C(=O)N(C6CCC(=O)NC6=O)C7)CC5)CC4)CC3)CC2)CC1. The Morgan fingerprint density at radius 1 is 0.808 bits per heavy atom. The van der Waals surface area contributed by atoms with Gasteiger partial charge < -0.3 is 35.0 Å². The summed E-state index contributed by atoms with van der Waals surface area (Å²) in [5.41, 5.74) is 2.50. The summed E-state index contributed by atoms with van der Waals surface area (Å²) in [5.74, 6) is -0.374. The highest BCUT2D eigenvalue weighted by Gasteiger charge is 2.41. The number of fused-ring (bicyclic) bond motifs is 1. The van der Waals surface area contributed by atoms with Gasteiger partial charge in [0.1, 0.15) is 23.2 Å². The third-order valence-corrected chi connectivity index (χ3v) is 16.6. The number of carbonyl (C=O) groups excluding carboxylic acids is 6. The van der Waals surface area contributed by atoms with Gasteiger partial charge in [-0.05, 0) is 101 Å². The van der Waals surface area contributed by atoms with Crippen LogP contribution in [0.4, 0.5) is 27.5 Å². The molecule has 6 fully saturated rings. The Bertz CT molecular complexity index is 2540. The molecule has 0 spiro atoms. The van der Waals surface area contributed by atoms with Gasteiger partial charge in [-0.2, -0.15) is 10.1 Å². The zero-order valence-corrected chi connectivity index (χ0v) is 42.2. The van der Waals surface area contributed by atoms with Crippen LogP contribution in [0.25, 0.3) is 0 Å². The number of nitrogens with one attached hydrogen (secondary N) is 3. The lowest BCUT2D eigenvalue weighted by Gasteiger charge is -2.43. The number of ether oxygens (including phenoxy) is 1. The maximum atomic E-state index is 15.5. The van der Waals surface area contributed by atoms with Crippen LogP contribution in [0.2, 0.25) is 0 Å². The van der Waals surface area contributed by atoms with Crippen molar-refractivity contribution in [2.45, 2.75) is 109 Å². The van der Waals surface area contributed by atoms with E-state index in [1.54, 1.807) is 23.9 Å². The number of benzene rings is 1.